The first-order valence-corrected chi connectivity index (χ1v) is 4.96. The number of anilines is 1. The molecule has 66 valence electrons. The molecule has 12 heavy (non-hydrogen) atoms. The van der Waals surface area contributed by atoms with Gasteiger partial charge in [0.05, 0.1) is 13.3 Å². The second kappa shape index (κ2) is 3.31. The first-order chi connectivity index (χ1) is 5.90. The van der Waals surface area contributed by atoms with E-state index in [1.165, 1.54) is 12.8 Å². The van der Waals surface area contributed by atoms with E-state index in [1.54, 1.807) is 24.6 Å². The molecule has 0 saturated carbocycles. The van der Waals surface area contributed by atoms with Crippen molar-refractivity contribution in [1.29, 1.82) is 0 Å². The lowest BCUT2D eigenvalue weighted by atomic mass is 10.4. The Morgan fingerprint density at radius 3 is 2.83 bits per heavy atom. The average molecular weight is 184 g/mol. The molecule has 3 nitrogen and oxygen atoms in total. The summed E-state index contributed by atoms with van der Waals surface area (Å²) >= 11 is 1.62. The van der Waals surface area contributed by atoms with Gasteiger partial charge in [0, 0.05) is 13.1 Å². The smallest absolute Gasteiger partial charge is 0.195 e. The van der Waals surface area contributed by atoms with E-state index in [1.807, 2.05) is 0 Å². The molecule has 2 heterocycles. The summed E-state index contributed by atoms with van der Waals surface area (Å²) in [7, 11) is 1.68. The van der Waals surface area contributed by atoms with Gasteiger partial charge in [0.2, 0.25) is 0 Å². The van der Waals surface area contributed by atoms with Crippen molar-refractivity contribution < 1.29 is 4.74 Å². The standard InChI is InChI=1S/C8H12N2OS/c1-11-7-6-9-8(12-7)10-4-2-3-5-10/h6H,2-5H2,1H3. The number of rotatable bonds is 2. The molecular weight excluding hydrogens is 172 g/mol. The third kappa shape index (κ3) is 1.39. The van der Waals surface area contributed by atoms with Gasteiger partial charge in [-0.2, -0.15) is 0 Å². The molecule has 1 saturated heterocycles. The van der Waals surface area contributed by atoms with Crippen molar-refractivity contribution in [3.63, 3.8) is 0 Å². The third-order valence-corrected chi connectivity index (χ3v) is 3.07. The van der Waals surface area contributed by atoms with E-state index in [9.17, 15) is 0 Å². The van der Waals surface area contributed by atoms with Crippen molar-refractivity contribution in [1.82, 2.24) is 4.98 Å². The summed E-state index contributed by atoms with van der Waals surface area (Å²) in [6.45, 7) is 2.30. The van der Waals surface area contributed by atoms with Gasteiger partial charge in [-0.05, 0) is 12.8 Å². The molecule has 0 unspecified atom stereocenters. The van der Waals surface area contributed by atoms with E-state index in [4.69, 9.17) is 4.74 Å². The number of thiazole rings is 1. The fourth-order valence-corrected chi connectivity index (χ4v) is 2.19. The van der Waals surface area contributed by atoms with Crippen LogP contribution in [-0.4, -0.2) is 25.2 Å². The lowest BCUT2D eigenvalue weighted by molar-refractivity contribution is 0.426. The van der Waals surface area contributed by atoms with E-state index >= 15 is 0 Å². The van der Waals surface area contributed by atoms with Gasteiger partial charge in [0.1, 0.15) is 0 Å². The highest BCUT2D eigenvalue weighted by Crippen LogP contribution is 2.30. The minimum absolute atomic E-state index is 0.900. The Morgan fingerprint density at radius 1 is 1.50 bits per heavy atom. The summed E-state index contributed by atoms with van der Waals surface area (Å²) in [4.78, 5) is 6.60. The predicted octanol–water partition coefficient (Wildman–Crippen LogP) is 1.75. The first kappa shape index (κ1) is 7.86. The fourth-order valence-electron chi connectivity index (χ4n) is 1.40. The molecule has 0 amide bonds. The summed E-state index contributed by atoms with van der Waals surface area (Å²) in [5.41, 5.74) is 0. The van der Waals surface area contributed by atoms with Gasteiger partial charge in [-0.3, -0.25) is 0 Å². The Kier molecular flexibility index (Phi) is 2.17. The third-order valence-electron chi connectivity index (χ3n) is 2.05. The van der Waals surface area contributed by atoms with E-state index < -0.39 is 0 Å². The second-order valence-corrected chi connectivity index (χ2v) is 3.83. The van der Waals surface area contributed by atoms with Crippen LogP contribution in [-0.2, 0) is 0 Å². The molecule has 1 aliphatic heterocycles. The van der Waals surface area contributed by atoms with Gasteiger partial charge in [-0.15, -0.1) is 0 Å². The molecule has 0 atom stereocenters. The van der Waals surface area contributed by atoms with Crippen molar-refractivity contribution in [2.24, 2.45) is 0 Å². The number of nitrogens with zero attached hydrogens (tertiary/aromatic N) is 2. The van der Waals surface area contributed by atoms with Crippen LogP contribution >= 0.6 is 11.3 Å². The van der Waals surface area contributed by atoms with Crippen LogP contribution in [0.4, 0.5) is 5.13 Å². The maximum absolute atomic E-state index is 5.08. The van der Waals surface area contributed by atoms with Crippen LogP contribution in [0.15, 0.2) is 6.20 Å². The number of ether oxygens (including phenoxy) is 1. The van der Waals surface area contributed by atoms with Crippen LogP contribution < -0.4 is 9.64 Å². The van der Waals surface area contributed by atoms with Crippen molar-refractivity contribution in [2.75, 3.05) is 25.1 Å². The second-order valence-electron chi connectivity index (χ2n) is 2.86. The summed E-state index contributed by atoms with van der Waals surface area (Å²) in [6, 6.07) is 0. The van der Waals surface area contributed by atoms with Crippen molar-refractivity contribution in [3.8, 4) is 5.06 Å². The fraction of sp³-hybridized carbons (Fsp3) is 0.625. The molecule has 0 aromatic carbocycles. The quantitative estimate of drug-likeness (QED) is 0.700. The van der Waals surface area contributed by atoms with Crippen LogP contribution in [0.3, 0.4) is 0 Å². The molecule has 0 bridgehead atoms. The minimum Gasteiger partial charge on any atom is -0.486 e. The molecule has 0 spiro atoms. The monoisotopic (exact) mass is 184 g/mol. The Hall–Kier alpha value is -0.770. The van der Waals surface area contributed by atoms with Crippen LogP contribution in [0.2, 0.25) is 0 Å². The van der Waals surface area contributed by atoms with Gasteiger partial charge >= 0.3 is 0 Å². The van der Waals surface area contributed by atoms with Crippen LogP contribution in [0.1, 0.15) is 12.8 Å². The van der Waals surface area contributed by atoms with Crippen molar-refractivity contribution in [2.45, 2.75) is 12.8 Å². The zero-order valence-corrected chi connectivity index (χ0v) is 7.93. The molecule has 0 aliphatic carbocycles. The molecule has 1 aliphatic rings. The van der Waals surface area contributed by atoms with Gasteiger partial charge in [0.15, 0.2) is 10.2 Å². The molecule has 1 aromatic heterocycles. The molecule has 0 N–H and O–H groups in total. The van der Waals surface area contributed by atoms with Crippen LogP contribution in [0.25, 0.3) is 0 Å². The highest BCUT2D eigenvalue weighted by Gasteiger charge is 2.15. The molecule has 4 heteroatoms. The van der Waals surface area contributed by atoms with E-state index in [0.717, 1.165) is 23.3 Å². The molecular formula is C8H12N2OS. The maximum Gasteiger partial charge on any atom is 0.195 e. The van der Waals surface area contributed by atoms with Gasteiger partial charge < -0.3 is 9.64 Å². The lowest BCUT2D eigenvalue weighted by Gasteiger charge is -2.11. The van der Waals surface area contributed by atoms with E-state index in [-0.39, 0.29) is 0 Å². The number of aromatic nitrogens is 1. The van der Waals surface area contributed by atoms with E-state index in [0.29, 0.717) is 0 Å². The molecule has 1 fully saturated rings. The van der Waals surface area contributed by atoms with E-state index in [2.05, 4.69) is 9.88 Å². The molecule has 2 rings (SSSR count). The summed E-state index contributed by atoms with van der Waals surface area (Å²) in [6.07, 6.45) is 4.38. The number of hydrogen-bond acceptors (Lipinski definition) is 4. The highest BCUT2D eigenvalue weighted by molar-refractivity contribution is 7.17. The van der Waals surface area contributed by atoms with Crippen molar-refractivity contribution in [3.05, 3.63) is 6.20 Å². The summed E-state index contributed by atoms with van der Waals surface area (Å²) in [5, 5.41) is 2.00. The zero-order valence-electron chi connectivity index (χ0n) is 7.12. The Labute approximate surface area is 76.0 Å². The molecule has 1 aromatic rings. The highest BCUT2D eigenvalue weighted by atomic mass is 32.1. The topological polar surface area (TPSA) is 25.4 Å². The summed E-state index contributed by atoms with van der Waals surface area (Å²) < 4.78 is 5.08. The largest absolute Gasteiger partial charge is 0.486 e. The predicted molar refractivity (Wildman–Crippen MR) is 50.1 cm³/mol. The average Bonchev–Trinajstić information content (AvgIpc) is 2.75. The van der Waals surface area contributed by atoms with Gasteiger partial charge in [0.25, 0.3) is 0 Å². The molecule has 0 radical (unpaired) electrons. The Balaban J connectivity index is 2.11. The lowest BCUT2D eigenvalue weighted by Crippen LogP contribution is -2.16. The van der Waals surface area contributed by atoms with Crippen LogP contribution in [0, 0.1) is 0 Å². The van der Waals surface area contributed by atoms with Gasteiger partial charge in [-0.25, -0.2) is 4.98 Å². The number of hydrogen-bond donors (Lipinski definition) is 0. The Morgan fingerprint density at radius 2 is 2.25 bits per heavy atom. The van der Waals surface area contributed by atoms with Crippen molar-refractivity contribution >= 4 is 16.5 Å². The Bertz CT molecular complexity index is 255. The van der Waals surface area contributed by atoms with Crippen LogP contribution in [0.5, 0.6) is 5.06 Å². The number of methoxy groups -OCH3 is 1. The maximum atomic E-state index is 5.08. The zero-order chi connectivity index (χ0) is 8.39. The SMILES string of the molecule is COc1cnc(N2CCCC2)s1. The summed E-state index contributed by atoms with van der Waals surface area (Å²) in [5.74, 6) is 0. The first-order valence-electron chi connectivity index (χ1n) is 4.15. The normalized spacial score (nSPS) is 16.9. The minimum atomic E-state index is 0.900. The van der Waals surface area contributed by atoms with Gasteiger partial charge in [-0.1, -0.05) is 11.3 Å².